The molecular formula is C13H13N3O4S. The summed E-state index contributed by atoms with van der Waals surface area (Å²) in [5.74, 6) is -1.02. The van der Waals surface area contributed by atoms with Crippen molar-refractivity contribution in [1.29, 1.82) is 0 Å². The zero-order valence-electron chi connectivity index (χ0n) is 11.0. The number of benzene rings is 1. The van der Waals surface area contributed by atoms with Gasteiger partial charge in [0.05, 0.1) is 18.1 Å². The fourth-order valence-electron chi connectivity index (χ4n) is 2.39. The lowest BCUT2D eigenvalue weighted by molar-refractivity contribution is 0.0696. The van der Waals surface area contributed by atoms with E-state index < -0.39 is 16.0 Å². The highest BCUT2D eigenvalue weighted by molar-refractivity contribution is 7.89. The maximum Gasteiger partial charge on any atom is 0.335 e. The number of nitrogens with zero attached hydrogens (tertiary/aromatic N) is 2. The van der Waals surface area contributed by atoms with E-state index in [-0.39, 0.29) is 17.1 Å². The van der Waals surface area contributed by atoms with Crippen molar-refractivity contribution < 1.29 is 18.3 Å². The molecule has 3 rings (SSSR count). The molecule has 0 unspecified atom stereocenters. The summed E-state index contributed by atoms with van der Waals surface area (Å²) in [7, 11) is -3.63. The van der Waals surface area contributed by atoms with Crippen LogP contribution in [0.3, 0.4) is 0 Å². The predicted octanol–water partition coefficient (Wildman–Crippen LogP) is 0.855. The molecule has 0 bridgehead atoms. The molecule has 1 aromatic carbocycles. The largest absolute Gasteiger partial charge is 0.478 e. The fourth-order valence-corrected chi connectivity index (χ4v) is 3.71. The van der Waals surface area contributed by atoms with E-state index in [1.54, 1.807) is 12.1 Å². The Morgan fingerprint density at radius 2 is 2.14 bits per heavy atom. The minimum Gasteiger partial charge on any atom is -0.478 e. The first-order chi connectivity index (χ1) is 9.98. The van der Waals surface area contributed by atoms with E-state index in [0.29, 0.717) is 13.0 Å². The molecule has 0 saturated carbocycles. The van der Waals surface area contributed by atoms with Crippen LogP contribution in [0.15, 0.2) is 35.7 Å². The summed E-state index contributed by atoms with van der Waals surface area (Å²) in [6, 6.07) is 4.82. The molecule has 0 saturated heterocycles. The van der Waals surface area contributed by atoms with E-state index in [2.05, 4.69) is 9.97 Å². The van der Waals surface area contributed by atoms with Crippen molar-refractivity contribution in [2.45, 2.75) is 18.0 Å². The standard InChI is InChI=1S/C13H13N3O4S/c17-13(18)10-2-1-9-3-4-16(7-11(9)5-10)21(19,20)12-6-14-8-15-12/h1-2,5-6,8H,3-4,7H2,(H,14,15)(H,17,18). The van der Waals surface area contributed by atoms with Crippen LogP contribution in [0, 0.1) is 0 Å². The number of sulfonamides is 1. The number of fused-ring (bicyclic) bond motifs is 1. The summed E-state index contributed by atoms with van der Waals surface area (Å²) in [4.78, 5) is 17.3. The number of aromatic amines is 1. The second-order valence-electron chi connectivity index (χ2n) is 4.79. The van der Waals surface area contributed by atoms with Gasteiger partial charge in [0.25, 0.3) is 10.0 Å². The highest BCUT2D eigenvalue weighted by atomic mass is 32.2. The molecule has 21 heavy (non-hydrogen) atoms. The molecular weight excluding hydrogens is 294 g/mol. The molecule has 0 radical (unpaired) electrons. The van der Waals surface area contributed by atoms with Gasteiger partial charge in [-0.15, -0.1) is 0 Å². The van der Waals surface area contributed by atoms with Crippen LogP contribution in [0.4, 0.5) is 0 Å². The monoisotopic (exact) mass is 307 g/mol. The van der Waals surface area contributed by atoms with E-state index in [4.69, 9.17) is 5.11 Å². The van der Waals surface area contributed by atoms with Crippen LogP contribution in [-0.4, -0.2) is 40.3 Å². The molecule has 2 N–H and O–H groups in total. The second-order valence-corrected chi connectivity index (χ2v) is 6.70. The molecule has 0 spiro atoms. The van der Waals surface area contributed by atoms with Crippen molar-refractivity contribution in [3.63, 3.8) is 0 Å². The van der Waals surface area contributed by atoms with Gasteiger partial charge in [0, 0.05) is 13.1 Å². The van der Waals surface area contributed by atoms with Crippen LogP contribution in [0.25, 0.3) is 0 Å². The zero-order valence-corrected chi connectivity index (χ0v) is 11.8. The third-order valence-electron chi connectivity index (χ3n) is 3.52. The number of aromatic nitrogens is 2. The first-order valence-corrected chi connectivity index (χ1v) is 7.76. The normalized spacial score (nSPS) is 15.6. The second kappa shape index (κ2) is 4.97. The van der Waals surface area contributed by atoms with Crippen molar-refractivity contribution >= 4 is 16.0 Å². The summed E-state index contributed by atoms with van der Waals surface area (Å²) in [6.07, 6.45) is 3.13. The van der Waals surface area contributed by atoms with Gasteiger partial charge in [0.2, 0.25) is 0 Å². The fraction of sp³-hybridized carbons (Fsp3) is 0.231. The van der Waals surface area contributed by atoms with Gasteiger partial charge in [-0.3, -0.25) is 0 Å². The van der Waals surface area contributed by atoms with Gasteiger partial charge in [0.15, 0.2) is 5.03 Å². The molecule has 110 valence electrons. The van der Waals surface area contributed by atoms with Crippen LogP contribution < -0.4 is 0 Å². The summed E-state index contributed by atoms with van der Waals surface area (Å²) in [6.45, 7) is 0.526. The molecule has 1 aliphatic heterocycles. The van der Waals surface area contributed by atoms with Crippen LogP contribution in [-0.2, 0) is 23.0 Å². The Morgan fingerprint density at radius 1 is 1.33 bits per heavy atom. The van der Waals surface area contributed by atoms with Crippen molar-refractivity contribution in [1.82, 2.24) is 14.3 Å². The van der Waals surface area contributed by atoms with Gasteiger partial charge in [-0.05, 0) is 29.7 Å². The SMILES string of the molecule is O=C(O)c1ccc2c(c1)CN(S(=O)(=O)c1cnc[nH]1)CC2. The third kappa shape index (κ3) is 2.43. The van der Waals surface area contributed by atoms with Crippen molar-refractivity contribution in [3.8, 4) is 0 Å². The molecule has 1 aromatic heterocycles. The lowest BCUT2D eigenvalue weighted by Crippen LogP contribution is -2.36. The van der Waals surface area contributed by atoms with Gasteiger partial charge in [-0.25, -0.2) is 18.2 Å². The number of nitrogens with one attached hydrogen (secondary N) is 1. The Bertz CT molecular complexity index is 784. The predicted molar refractivity (Wildman–Crippen MR) is 73.3 cm³/mol. The number of hydrogen-bond acceptors (Lipinski definition) is 4. The third-order valence-corrected chi connectivity index (χ3v) is 5.29. The highest BCUT2D eigenvalue weighted by Crippen LogP contribution is 2.24. The molecule has 2 aromatic rings. The lowest BCUT2D eigenvalue weighted by atomic mass is 9.99. The lowest BCUT2D eigenvalue weighted by Gasteiger charge is -2.27. The van der Waals surface area contributed by atoms with E-state index in [1.165, 1.54) is 22.9 Å². The topological polar surface area (TPSA) is 103 Å². The average molecular weight is 307 g/mol. The van der Waals surface area contributed by atoms with E-state index in [1.807, 2.05) is 0 Å². The smallest absolute Gasteiger partial charge is 0.335 e. The van der Waals surface area contributed by atoms with Gasteiger partial charge in [0.1, 0.15) is 0 Å². The summed E-state index contributed by atoms with van der Waals surface area (Å²) < 4.78 is 26.2. The summed E-state index contributed by atoms with van der Waals surface area (Å²) in [5.41, 5.74) is 1.87. The van der Waals surface area contributed by atoms with E-state index in [0.717, 1.165) is 11.1 Å². The minimum atomic E-state index is -3.63. The number of aromatic carboxylic acids is 1. The van der Waals surface area contributed by atoms with Crippen molar-refractivity contribution in [3.05, 3.63) is 47.4 Å². The summed E-state index contributed by atoms with van der Waals surface area (Å²) >= 11 is 0. The van der Waals surface area contributed by atoms with Crippen LogP contribution in [0.5, 0.6) is 0 Å². The van der Waals surface area contributed by atoms with Crippen molar-refractivity contribution in [2.75, 3.05) is 6.54 Å². The molecule has 2 heterocycles. The first-order valence-electron chi connectivity index (χ1n) is 6.32. The maximum atomic E-state index is 12.4. The van der Waals surface area contributed by atoms with Gasteiger partial charge < -0.3 is 10.1 Å². The summed E-state index contributed by atoms with van der Waals surface area (Å²) in [5, 5.41) is 9.06. The number of imidazole rings is 1. The molecule has 0 atom stereocenters. The first kappa shape index (κ1) is 13.8. The molecule has 0 aliphatic carbocycles. The maximum absolute atomic E-state index is 12.4. The molecule has 0 amide bonds. The molecule has 0 fully saturated rings. The number of carboxylic acid groups (broad SMARTS) is 1. The number of carbonyl (C=O) groups is 1. The van der Waals surface area contributed by atoms with E-state index >= 15 is 0 Å². The van der Waals surface area contributed by atoms with Gasteiger partial charge >= 0.3 is 5.97 Å². The number of carboxylic acids is 1. The van der Waals surface area contributed by atoms with Crippen molar-refractivity contribution in [2.24, 2.45) is 0 Å². The molecule has 1 aliphatic rings. The Hall–Kier alpha value is -2.19. The van der Waals surface area contributed by atoms with Gasteiger partial charge in [-0.2, -0.15) is 4.31 Å². The highest BCUT2D eigenvalue weighted by Gasteiger charge is 2.29. The molecule has 7 nitrogen and oxygen atoms in total. The number of rotatable bonds is 3. The Balaban J connectivity index is 1.94. The number of hydrogen-bond donors (Lipinski definition) is 2. The van der Waals surface area contributed by atoms with E-state index in [9.17, 15) is 13.2 Å². The molecule has 8 heteroatoms. The number of H-pyrrole nitrogens is 1. The van der Waals surface area contributed by atoms with Gasteiger partial charge in [-0.1, -0.05) is 6.07 Å². The zero-order chi connectivity index (χ0) is 15.0. The Kier molecular flexibility index (Phi) is 3.26. The quantitative estimate of drug-likeness (QED) is 0.875. The Morgan fingerprint density at radius 3 is 2.81 bits per heavy atom. The van der Waals surface area contributed by atoms with Crippen LogP contribution in [0.1, 0.15) is 21.5 Å². The minimum absolute atomic E-state index is 0.0420. The van der Waals surface area contributed by atoms with Crippen LogP contribution in [0.2, 0.25) is 0 Å². The van der Waals surface area contributed by atoms with Crippen LogP contribution >= 0.6 is 0 Å². The average Bonchev–Trinajstić information content (AvgIpc) is 3.01. The Labute approximate surface area is 121 Å².